The molecule has 1 heterocycles. The summed E-state index contributed by atoms with van der Waals surface area (Å²) in [5.74, 6) is 0.963. The molecule has 4 heteroatoms. The van der Waals surface area contributed by atoms with Crippen LogP contribution < -0.4 is 5.32 Å². The fraction of sp³-hybridized carbons (Fsp3) is 0.643. The Hall–Kier alpha value is -1.03. The van der Waals surface area contributed by atoms with Crippen molar-refractivity contribution in [1.82, 2.24) is 10.2 Å². The SMILES string of the molecule is CCN(Cc1ccco1)C(=S)NC1CCCCC1. The third kappa shape index (κ3) is 3.73. The van der Waals surface area contributed by atoms with Crippen molar-refractivity contribution in [2.45, 2.75) is 51.6 Å². The first-order valence-corrected chi connectivity index (χ1v) is 7.28. The van der Waals surface area contributed by atoms with Crippen LogP contribution in [-0.4, -0.2) is 22.6 Å². The molecule has 1 aromatic heterocycles. The average Bonchev–Trinajstić information content (AvgIpc) is 2.90. The highest BCUT2D eigenvalue weighted by Crippen LogP contribution is 2.18. The summed E-state index contributed by atoms with van der Waals surface area (Å²) in [6.45, 7) is 3.78. The molecule has 3 nitrogen and oxygen atoms in total. The number of hydrogen-bond donors (Lipinski definition) is 1. The van der Waals surface area contributed by atoms with Gasteiger partial charge in [0, 0.05) is 12.6 Å². The average molecular weight is 266 g/mol. The summed E-state index contributed by atoms with van der Waals surface area (Å²) in [5.41, 5.74) is 0. The summed E-state index contributed by atoms with van der Waals surface area (Å²) < 4.78 is 5.38. The van der Waals surface area contributed by atoms with Crippen LogP contribution in [0.1, 0.15) is 44.8 Å². The maximum atomic E-state index is 5.50. The number of furan rings is 1. The van der Waals surface area contributed by atoms with Gasteiger partial charge in [-0.05, 0) is 44.1 Å². The Morgan fingerprint density at radius 2 is 2.22 bits per heavy atom. The quantitative estimate of drug-likeness (QED) is 0.846. The molecule has 1 aromatic rings. The van der Waals surface area contributed by atoms with Gasteiger partial charge in [-0.3, -0.25) is 0 Å². The van der Waals surface area contributed by atoms with E-state index in [1.54, 1.807) is 6.26 Å². The molecule has 1 aliphatic carbocycles. The fourth-order valence-electron chi connectivity index (χ4n) is 2.43. The zero-order chi connectivity index (χ0) is 12.8. The van der Waals surface area contributed by atoms with E-state index in [0.29, 0.717) is 6.04 Å². The number of hydrogen-bond acceptors (Lipinski definition) is 2. The molecule has 100 valence electrons. The van der Waals surface area contributed by atoms with Gasteiger partial charge in [-0.25, -0.2) is 0 Å². The van der Waals surface area contributed by atoms with Crippen LogP contribution in [0.2, 0.25) is 0 Å². The minimum absolute atomic E-state index is 0.567. The summed E-state index contributed by atoms with van der Waals surface area (Å²) in [7, 11) is 0. The predicted octanol–water partition coefficient (Wildman–Crippen LogP) is 3.31. The Labute approximate surface area is 115 Å². The smallest absolute Gasteiger partial charge is 0.169 e. The molecule has 0 spiro atoms. The van der Waals surface area contributed by atoms with E-state index in [1.165, 1.54) is 32.1 Å². The monoisotopic (exact) mass is 266 g/mol. The predicted molar refractivity (Wildman–Crippen MR) is 77.4 cm³/mol. The van der Waals surface area contributed by atoms with E-state index < -0.39 is 0 Å². The number of nitrogens with zero attached hydrogens (tertiary/aromatic N) is 1. The zero-order valence-electron chi connectivity index (χ0n) is 11.0. The molecular formula is C14H22N2OS. The van der Waals surface area contributed by atoms with Gasteiger partial charge >= 0.3 is 0 Å². The molecule has 0 radical (unpaired) electrons. The van der Waals surface area contributed by atoms with Gasteiger partial charge < -0.3 is 14.6 Å². The van der Waals surface area contributed by atoms with Crippen LogP contribution in [0.4, 0.5) is 0 Å². The maximum Gasteiger partial charge on any atom is 0.169 e. The van der Waals surface area contributed by atoms with Gasteiger partial charge in [-0.2, -0.15) is 0 Å². The molecule has 1 fully saturated rings. The Balaban J connectivity index is 1.84. The Kier molecular flexibility index (Phi) is 5.05. The molecular weight excluding hydrogens is 244 g/mol. The molecule has 0 atom stereocenters. The zero-order valence-corrected chi connectivity index (χ0v) is 11.8. The van der Waals surface area contributed by atoms with Gasteiger partial charge in [0.2, 0.25) is 0 Å². The molecule has 2 rings (SSSR count). The first kappa shape index (κ1) is 13.4. The third-order valence-corrected chi connectivity index (χ3v) is 3.90. The highest BCUT2D eigenvalue weighted by atomic mass is 32.1. The molecule has 1 aliphatic rings. The highest BCUT2D eigenvalue weighted by molar-refractivity contribution is 7.80. The number of rotatable bonds is 4. The van der Waals surface area contributed by atoms with Crippen LogP contribution in [0.25, 0.3) is 0 Å². The summed E-state index contributed by atoms with van der Waals surface area (Å²) >= 11 is 5.50. The van der Waals surface area contributed by atoms with Gasteiger partial charge in [0.25, 0.3) is 0 Å². The lowest BCUT2D eigenvalue weighted by molar-refractivity contribution is 0.350. The highest BCUT2D eigenvalue weighted by Gasteiger charge is 2.17. The Morgan fingerprint density at radius 3 is 2.83 bits per heavy atom. The number of thiocarbonyl (C=S) groups is 1. The van der Waals surface area contributed by atoms with Crippen molar-refractivity contribution < 1.29 is 4.42 Å². The van der Waals surface area contributed by atoms with Crippen LogP contribution in [0.3, 0.4) is 0 Å². The van der Waals surface area contributed by atoms with Crippen LogP contribution >= 0.6 is 12.2 Å². The summed E-state index contributed by atoms with van der Waals surface area (Å²) in [5, 5.41) is 4.36. The van der Waals surface area contributed by atoms with Crippen molar-refractivity contribution >= 4 is 17.3 Å². The summed E-state index contributed by atoms with van der Waals surface area (Å²) in [6, 6.07) is 4.48. The molecule has 18 heavy (non-hydrogen) atoms. The van der Waals surface area contributed by atoms with Gasteiger partial charge in [0.05, 0.1) is 12.8 Å². The molecule has 0 aromatic carbocycles. The second-order valence-electron chi connectivity index (χ2n) is 4.88. The Bertz CT molecular complexity index is 358. The largest absolute Gasteiger partial charge is 0.467 e. The molecule has 0 amide bonds. The maximum absolute atomic E-state index is 5.50. The lowest BCUT2D eigenvalue weighted by Crippen LogP contribution is -2.44. The van der Waals surface area contributed by atoms with Crippen molar-refractivity contribution in [1.29, 1.82) is 0 Å². The second-order valence-corrected chi connectivity index (χ2v) is 5.26. The van der Waals surface area contributed by atoms with Crippen molar-refractivity contribution in [2.24, 2.45) is 0 Å². The van der Waals surface area contributed by atoms with E-state index in [-0.39, 0.29) is 0 Å². The van der Waals surface area contributed by atoms with Crippen LogP contribution in [-0.2, 0) is 6.54 Å². The van der Waals surface area contributed by atoms with E-state index >= 15 is 0 Å². The van der Waals surface area contributed by atoms with Gasteiger partial charge in [0.1, 0.15) is 5.76 Å². The lowest BCUT2D eigenvalue weighted by atomic mass is 9.96. The lowest BCUT2D eigenvalue weighted by Gasteiger charge is -2.29. The van der Waals surface area contributed by atoms with E-state index in [4.69, 9.17) is 16.6 Å². The van der Waals surface area contributed by atoms with Gasteiger partial charge in [-0.1, -0.05) is 19.3 Å². The fourth-order valence-corrected chi connectivity index (χ4v) is 2.79. The van der Waals surface area contributed by atoms with E-state index in [9.17, 15) is 0 Å². The molecule has 1 saturated carbocycles. The van der Waals surface area contributed by atoms with Crippen molar-refractivity contribution in [3.63, 3.8) is 0 Å². The Morgan fingerprint density at radius 1 is 1.44 bits per heavy atom. The molecule has 0 saturated heterocycles. The minimum atomic E-state index is 0.567. The van der Waals surface area contributed by atoms with Crippen molar-refractivity contribution in [2.75, 3.05) is 6.54 Å². The van der Waals surface area contributed by atoms with Crippen LogP contribution in [0, 0.1) is 0 Å². The third-order valence-electron chi connectivity index (χ3n) is 3.53. The van der Waals surface area contributed by atoms with Crippen molar-refractivity contribution in [3.8, 4) is 0 Å². The standard InChI is InChI=1S/C14H22N2OS/c1-2-16(11-13-9-6-10-17-13)14(18)15-12-7-4-3-5-8-12/h6,9-10,12H,2-5,7-8,11H2,1H3,(H,15,18). The van der Waals surface area contributed by atoms with Gasteiger partial charge in [-0.15, -0.1) is 0 Å². The van der Waals surface area contributed by atoms with Crippen LogP contribution in [0.15, 0.2) is 22.8 Å². The van der Waals surface area contributed by atoms with E-state index in [1.807, 2.05) is 12.1 Å². The molecule has 0 unspecified atom stereocenters. The topological polar surface area (TPSA) is 28.4 Å². The van der Waals surface area contributed by atoms with E-state index in [2.05, 4.69) is 17.1 Å². The van der Waals surface area contributed by atoms with Crippen LogP contribution in [0.5, 0.6) is 0 Å². The first-order valence-electron chi connectivity index (χ1n) is 6.87. The first-order chi connectivity index (χ1) is 8.79. The summed E-state index contributed by atoms with van der Waals surface area (Å²) in [6.07, 6.45) is 8.22. The normalized spacial score (nSPS) is 16.5. The van der Waals surface area contributed by atoms with E-state index in [0.717, 1.165) is 24.0 Å². The molecule has 0 bridgehead atoms. The van der Waals surface area contributed by atoms with Gasteiger partial charge in [0.15, 0.2) is 5.11 Å². The minimum Gasteiger partial charge on any atom is -0.467 e. The molecule has 0 aliphatic heterocycles. The number of nitrogens with one attached hydrogen (secondary N) is 1. The molecule has 1 N–H and O–H groups in total. The summed E-state index contributed by atoms with van der Waals surface area (Å²) in [4.78, 5) is 2.16. The van der Waals surface area contributed by atoms with Crippen molar-refractivity contribution in [3.05, 3.63) is 24.2 Å². The second kappa shape index (κ2) is 6.78.